The molecule has 2 N–H and O–H groups in total. The summed E-state index contributed by atoms with van der Waals surface area (Å²) in [5, 5.41) is 6.56. The van der Waals surface area contributed by atoms with Crippen LogP contribution >= 0.6 is 0 Å². The van der Waals surface area contributed by atoms with Crippen molar-refractivity contribution >= 4 is 0 Å². The second-order valence-corrected chi connectivity index (χ2v) is 7.38. The van der Waals surface area contributed by atoms with Gasteiger partial charge in [-0.05, 0) is 52.1 Å². The van der Waals surface area contributed by atoms with Gasteiger partial charge < -0.3 is 30.4 Å². The zero-order valence-corrected chi connectivity index (χ0v) is 19.9. The van der Waals surface area contributed by atoms with E-state index in [9.17, 15) is 0 Å². The maximum atomic E-state index is 4.72. The van der Waals surface area contributed by atoms with Gasteiger partial charge in [0.1, 0.15) is 0 Å². The molecule has 2 fully saturated rings. The van der Waals surface area contributed by atoms with Crippen LogP contribution < -0.4 is 20.6 Å². The normalized spacial score (nSPS) is 18.0. The van der Waals surface area contributed by atoms with E-state index in [1.807, 2.05) is 0 Å². The Balaban J connectivity index is 0.000000255. The van der Waals surface area contributed by atoms with Crippen LogP contribution in [0.4, 0.5) is 0 Å². The summed E-state index contributed by atoms with van der Waals surface area (Å²) >= 11 is 0. The summed E-state index contributed by atoms with van der Waals surface area (Å²) < 4.78 is 0. The van der Waals surface area contributed by atoms with Crippen LogP contribution in [0.15, 0.2) is 24.3 Å². The zero-order valence-electron chi connectivity index (χ0n) is 17.6. The first-order chi connectivity index (χ1) is 13.8. The third kappa shape index (κ3) is 8.39. The number of rotatable bonds is 6. The molecule has 162 valence electrons. The molecular weight excluding hydrogens is 543 g/mol. The number of nitrogens with one attached hydrogen (secondary N) is 2. The summed E-state index contributed by atoms with van der Waals surface area (Å²) in [6.45, 7) is 14.7. The van der Waals surface area contributed by atoms with Gasteiger partial charge in [-0.3, -0.25) is 0 Å². The van der Waals surface area contributed by atoms with Gasteiger partial charge in [0.25, 0.3) is 0 Å². The van der Waals surface area contributed by atoms with Crippen molar-refractivity contribution in [3.63, 3.8) is 0 Å². The second kappa shape index (κ2) is 13.4. The molecule has 4 heterocycles. The van der Waals surface area contributed by atoms with Crippen LogP contribution in [0.25, 0.3) is 0 Å². The fourth-order valence-corrected chi connectivity index (χ4v) is 3.42. The molecule has 2 saturated heterocycles. The van der Waals surface area contributed by atoms with Crippen molar-refractivity contribution in [1.82, 2.24) is 30.4 Å². The summed E-state index contributed by atoms with van der Waals surface area (Å²) in [7, 11) is 0. The van der Waals surface area contributed by atoms with Crippen molar-refractivity contribution in [2.75, 3.05) is 26.2 Å². The number of nitrogens with zero attached hydrogens (tertiary/aromatic N) is 4. The smallest absolute Gasteiger partial charge is 0.665 e. The van der Waals surface area contributed by atoms with Gasteiger partial charge in [-0.1, -0.05) is 51.0 Å². The van der Waals surface area contributed by atoms with Crippen molar-refractivity contribution in [1.29, 1.82) is 0 Å². The molecule has 0 radical (unpaired) electrons. The molecule has 2 aromatic rings. The maximum absolute atomic E-state index is 4.72. The quantitative estimate of drug-likeness (QED) is 0.514. The molecule has 4 rings (SSSR count). The monoisotopic (exact) mass is 577 g/mol. The molecule has 0 atom stereocenters. The van der Waals surface area contributed by atoms with E-state index in [1.54, 1.807) is 0 Å². The average molecular weight is 578 g/mol. The molecule has 29 heavy (non-hydrogen) atoms. The van der Waals surface area contributed by atoms with E-state index in [-0.39, 0.29) is 21.1 Å². The van der Waals surface area contributed by atoms with Crippen LogP contribution in [-0.2, 0) is 47.0 Å². The van der Waals surface area contributed by atoms with Crippen molar-refractivity contribution < 1.29 is 21.1 Å². The average Bonchev–Trinajstić information content (AvgIpc) is 3.39. The first kappa shape index (κ1) is 24.4. The molecule has 0 amide bonds. The van der Waals surface area contributed by atoms with E-state index in [2.05, 4.69) is 76.9 Å². The molecule has 0 aromatic carbocycles. The third-order valence-corrected chi connectivity index (χ3v) is 5.05. The SMILES string of the molecule is CCc1ccc(CC)[n-]1.[Pt+4].c1cc(CN2[CH-]NCCC2)[n-]c1CN1[CH-]NCCC1. The molecule has 0 saturated carbocycles. The maximum Gasteiger partial charge on any atom is 4.00 e. The number of hydrogen-bond donors (Lipinski definition) is 2. The first-order valence-corrected chi connectivity index (χ1v) is 10.6. The molecule has 2 aliphatic rings. The minimum atomic E-state index is 0. The van der Waals surface area contributed by atoms with E-state index in [0.717, 1.165) is 52.1 Å². The van der Waals surface area contributed by atoms with Crippen LogP contribution in [0, 0.1) is 13.3 Å². The Morgan fingerprint density at radius 3 is 1.52 bits per heavy atom. The largest absolute Gasteiger partial charge is 4.00 e. The Morgan fingerprint density at radius 2 is 1.17 bits per heavy atom. The standard InChI is InChI=1S/C14H22N5.C8H12N.Pt/c1-5-15-11-18(7-1)9-13-3-4-14(17-13)10-19-8-2-6-16-12-19;1-3-7-5-6-8(4-2)9-7;/h3-4,11-12,15-16H,1-2,5-10H2;5-6H,3-4H2,1-2H3;/q-3;-1;+4. The molecule has 0 unspecified atom stereocenters. The van der Waals surface area contributed by atoms with E-state index in [4.69, 9.17) is 4.98 Å². The summed E-state index contributed by atoms with van der Waals surface area (Å²) in [5.74, 6) is 0. The van der Waals surface area contributed by atoms with Crippen LogP contribution in [0.3, 0.4) is 0 Å². The zero-order chi connectivity index (χ0) is 19.6. The number of aryl methyl sites for hydroxylation is 2. The summed E-state index contributed by atoms with van der Waals surface area (Å²) in [6.07, 6.45) is 4.52. The molecule has 2 aliphatic heterocycles. The van der Waals surface area contributed by atoms with Crippen LogP contribution in [0.1, 0.15) is 49.5 Å². The topological polar surface area (TPSA) is 58.7 Å². The minimum Gasteiger partial charge on any atom is -0.665 e. The van der Waals surface area contributed by atoms with Crippen LogP contribution in [0.2, 0.25) is 0 Å². The van der Waals surface area contributed by atoms with Gasteiger partial charge in [0, 0.05) is 0 Å². The molecule has 7 heteroatoms. The van der Waals surface area contributed by atoms with Crippen LogP contribution in [0.5, 0.6) is 0 Å². The number of hydrogen-bond acceptors (Lipinski definition) is 4. The Bertz CT molecular complexity index is 617. The first-order valence-electron chi connectivity index (χ1n) is 10.6. The summed E-state index contributed by atoms with van der Waals surface area (Å²) in [6, 6.07) is 8.49. The van der Waals surface area contributed by atoms with E-state index >= 15 is 0 Å². The predicted molar refractivity (Wildman–Crippen MR) is 113 cm³/mol. The molecule has 0 aliphatic carbocycles. The van der Waals surface area contributed by atoms with Gasteiger partial charge in [0.15, 0.2) is 0 Å². The molecular formula is C22H34N6Pt. The van der Waals surface area contributed by atoms with E-state index < -0.39 is 0 Å². The van der Waals surface area contributed by atoms with Crippen LogP contribution in [-0.4, -0.2) is 36.0 Å². The van der Waals surface area contributed by atoms with Gasteiger partial charge in [0.2, 0.25) is 0 Å². The third-order valence-electron chi connectivity index (χ3n) is 5.05. The fraction of sp³-hybridized carbons (Fsp3) is 0.545. The van der Waals surface area contributed by atoms with Crippen molar-refractivity contribution in [3.8, 4) is 0 Å². The molecule has 0 spiro atoms. The summed E-state index contributed by atoms with van der Waals surface area (Å²) in [5.41, 5.74) is 4.76. The fourth-order valence-electron chi connectivity index (χ4n) is 3.42. The van der Waals surface area contributed by atoms with Crippen molar-refractivity contribution in [3.05, 3.63) is 60.4 Å². The Morgan fingerprint density at radius 1 is 0.759 bits per heavy atom. The van der Waals surface area contributed by atoms with Gasteiger partial charge in [-0.15, -0.1) is 11.4 Å². The molecule has 6 nitrogen and oxygen atoms in total. The predicted octanol–water partition coefficient (Wildman–Crippen LogP) is 2.24. The van der Waals surface area contributed by atoms with Gasteiger partial charge in [-0.25, -0.2) is 13.3 Å². The van der Waals surface area contributed by atoms with Gasteiger partial charge >= 0.3 is 21.1 Å². The van der Waals surface area contributed by atoms with Crippen molar-refractivity contribution in [2.24, 2.45) is 0 Å². The van der Waals surface area contributed by atoms with E-state index in [1.165, 1.54) is 35.6 Å². The summed E-state index contributed by atoms with van der Waals surface area (Å²) in [4.78, 5) is 13.7. The number of aromatic nitrogens is 2. The molecule has 0 bridgehead atoms. The molecule has 2 aromatic heterocycles. The van der Waals surface area contributed by atoms with E-state index in [0.29, 0.717) is 0 Å². The van der Waals surface area contributed by atoms with Gasteiger partial charge in [0.05, 0.1) is 0 Å². The Labute approximate surface area is 190 Å². The minimum absolute atomic E-state index is 0. The second-order valence-electron chi connectivity index (χ2n) is 7.38. The Hall–Kier alpha value is -0.912. The van der Waals surface area contributed by atoms with Gasteiger partial charge in [-0.2, -0.15) is 11.4 Å². The Kier molecular flexibility index (Phi) is 11.3. The van der Waals surface area contributed by atoms with Crippen molar-refractivity contribution in [2.45, 2.75) is 52.6 Å².